The quantitative estimate of drug-likeness (QED) is 0.767. The van der Waals surface area contributed by atoms with Gasteiger partial charge in [0.15, 0.2) is 5.58 Å². The van der Waals surface area contributed by atoms with Crippen molar-refractivity contribution in [2.75, 3.05) is 33.7 Å². The molecule has 1 N–H and O–H groups in total. The maximum atomic E-state index is 11.7. The van der Waals surface area contributed by atoms with Crippen LogP contribution in [-0.4, -0.2) is 43.2 Å². The first-order chi connectivity index (χ1) is 8.68. The van der Waals surface area contributed by atoms with Crippen LogP contribution in [0.2, 0.25) is 0 Å². The summed E-state index contributed by atoms with van der Waals surface area (Å²) < 4.78 is 6.83. The number of likely N-dealkylation sites (N-methyl/N-ethyl adjacent to an activating group) is 1. The zero-order valence-corrected chi connectivity index (χ0v) is 10.8. The molecule has 5 nitrogen and oxygen atoms in total. The van der Waals surface area contributed by atoms with E-state index in [1.165, 1.54) is 0 Å². The van der Waals surface area contributed by atoms with Crippen molar-refractivity contribution >= 4 is 11.1 Å². The smallest absolute Gasteiger partial charge is 0.408 e. The predicted octanol–water partition coefficient (Wildman–Crippen LogP) is 0.746. The van der Waals surface area contributed by atoms with Gasteiger partial charge in [0.1, 0.15) is 0 Å². The first-order valence-electron chi connectivity index (χ1n) is 6.12. The van der Waals surface area contributed by atoms with Gasteiger partial charge >= 0.3 is 5.76 Å². The van der Waals surface area contributed by atoms with Gasteiger partial charge in [-0.3, -0.25) is 4.57 Å². The van der Waals surface area contributed by atoms with Gasteiger partial charge in [-0.05, 0) is 26.2 Å². The van der Waals surface area contributed by atoms with E-state index in [0.717, 1.165) is 25.2 Å². The summed E-state index contributed by atoms with van der Waals surface area (Å²) in [6.45, 7) is 3.29. The Morgan fingerprint density at radius 2 is 2.06 bits per heavy atom. The minimum Gasteiger partial charge on any atom is -0.408 e. The van der Waals surface area contributed by atoms with Crippen LogP contribution in [0.15, 0.2) is 33.5 Å². The third-order valence-corrected chi connectivity index (χ3v) is 2.82. The molecule has 98 valence electrons. The molecule has 0 amide bonds. The molecule has 0 atom stereocenters. The highest BCUT2D eigenvalue weighted by molar-refractivity contribution is 5.72. The van der Waals surface area contributed by atoms with Gasteiger partial charge in [-0.25, -0.2) is 4.79 Å². The molecule has 0 spiro atoms. The minimum absolute atomic E-state index is 0.286. The van der Waals surface area contributed by atoms with Crippen molar-refractivity contribution in [2.45, 2.75) is 6.54 Å². The minimum atomic E-state index is -0.286. The number of para-hydroxylation sites is 2. The second-order valence-electron chi connectivity index (χ2n) is 4.54. The zero-order valence-electron chi connectivity index (χ0n) is 10.8. The third kappa shape index (κ3) is 3.00. The average Bonchev–Trinajstić information content (AvgIpc) is 2.65. The highest BCUT2D eigenvalue weighted by Gasteiger charge is 2.07. The summed E-state index contributed by atoms with van der Waals surface area (Å²) in [6, 6.07) is 7.49. The van der Waals surface area contributed by atoms with Gasteiger partial charge in [0, 0.05) is 26.2 Å². The summed E-state index contributed by atoms with van der Waals surface area (Å²) in [5.41, 5.74) is 1.51. The number of oxazole rings is 1. The first-order valence-corrected chi connectivity index (χ1v) is 6.12. The van der Waals surface area contributed by atoms with E-state index < -0.39 is 0 Å². The topological polar surface area (TPSA) is 50.4 Å². The summed E-state index contributed by atoms with van der Waals surface area (Å²) in [5.74, 6) is -0.286. The molecule has 1 aromatic carbocycles. The number of fused-ring (bicyclic) bond motifs is 1. The van der Waals surface area contributed by atoms with E-state index >= 15 is 0 Å². The van der Waals surface area contributed by atoms with Crippen LogP contribution in [0.25, 0.3) is 11.1 Å². The summed E-state index contributed by atoms with van der Waals surface area (Å²) in [7, 11) is 4.07. The van der Waals surface area contributed by atoms with Crippen LogP contribution in [-0.2, 0) is 6.54 Å². The number of hydrogen-bond donors (Lipinski definition) is 1. The van der Waals surface area contributed by atoms with E-state index in [1.807, 2.05) is 38.4 Å². The monoisotopic (exact) mass is 249 g/mol. The van der Waals surface area contributed by atoms with Gasteiger partial charge in [0.25, 0.3) is 0 Å². The molecular weight excluding hydrogens is 230 g/mol. The molecule has 2 aromatic rings. The maximum absolute atomic E-state index is 11.7. The van der Waals surface area contributed by atoms with Crippen molar-refractivity contribution in [3.8, 4) is 0 Å². The van der Waals surface area contributed by atoms with E-state index in [2.05, 4.69) is 10.2 Å². The first kappa shape index (κ1) is 12.9. The van der Waals surface area contributed by atoms with Gasteiger partial charge in [-0.1, -0.05) is 12.1 Å². The summed E-state index contributed by atoms with van der Waals surface area (Å²) in [6.07, 6.45) is 0. The Morgan fingerprint density at radius 1 is 1.28 bits per heavy atom. The molecule has 0 fully saturated rings. The Hall–Kier alpha value is -1.59. The Kier molecular flexibility index (Phi) is 4.17. The molecule has 0 radical (unpaired) electrons. The number of hydrogen-bond acceptors (Lipinski definition) is 4. The number of nitrogens with zero attached hydrogens (tertiary/aromatic N) is 2. The van der Waals surface area contributed by atoms with Crippen molar-refractivity contribution in [3.63, 3.8) is 0 Å². The van der Waals surface area contributed by atoms with Crippen LogP contribution in [0.1, 0.15) is 0 Å². The van der Waals surface area contributed by atoms with Crippen molar-refractivity contribution in [2.24, 2.45) is 0 Å². The molecule has 0 aliphatic heterocycles. The summed E-state index contributed by atoms with van der Waals surface area (Å²) in [4.78, 5) is 13.8. The highest BCUT2D eigenvalue weighted by Crippen LogP contribution is 2.10. The van der Waals surface area contributed by atoms with Crippen LogP contribution < -0.4 is 11.1 Å². The zero-order chi connectivity index (χ0) is 13.0. The molecule has 2 rings (SSSR count). The van der Waals surface area contributed by atoms with E-state index in [9.17, 15) is 4.79 Å². The number of benzene rings is 1. The lowest BCUT2D eigenvalue weighted by Gasteiger charge is -2.10. The number of aromatic nitrogens is 1. The van der Waals surface area contributed by atoms with E-state index in [-0.39, 0.29) is 5.76 Å². The second kappa shape index (κ2) is 5.84. The maximum Gasteiger partial charge on any atom is 0.419 e. The molecule has 0 saturated carbocycles. The molecule has 0 aliphatic carbocycles. The fraction of sp³-hybridized carbons (Fsp3) is 0.462. The number of nitrogens with one attached hydrogen (secondary N) is 1. The van der Waals surface area contributed by atoms with Gasteiger partial charge < -0.3 is 14.6 Å². The van der Waals surface area contributed by atoms with E-state index in [1.54, 1.807) is 4.57 Å². The Labute approximate surface area is 106 Å². The lowest BCUT2D eigenvalue weighted by molar-refractivity contribution is 0.396. The molecular formula is C13H19N3O2. The normalized spacial score (nSPS) is 11.5. The highest BCUT2D eigenvalue weighted by atomic mass is 16.4. The Bertz CT molecular complexity index is 557. The van der Waals surface area contributed by atoms with Gasteiger partial charge in [0.2, 0.25) is 0 Å². The predicted molar refractivity (Wildman–Crippen MR) is 71.9 cm³/mol. The van der Waals surface area contributed by atoms with Crippen LogP contribution in [0.4, 0.5) is 0 Å². The molecule has 0 aliphatic rings. The van der Waals surface area contributed by atoms with Crippen LogP contribution in [0.5, 0.6) is 0 Å². The second-order valence-corrected chi connectivity index (χ2v) is 4.54. The standard InChI is InChI=1S/C13H19N3O2/c1-15(2)9-7-14-8-10-16-11-5-3-4-6-12(11)18-13(16)17/h3-6,14H,7-10H2,1-2H3. The number of rotatable bonds is 6. The van der Waals surface area contributed by atoms with E-state index in [0.29, 0.717) is 12.1 Å². The molecule has 0 unspecified atom stereocenters. The fourth-order valence-corrected chi connectivity index (χ4v) is 1.84. The van der Waals surface area contributed by atoms with Crippen molar-refractivity contribution in [3.05, 3.63) is 34.8 Å². The van der Waals surface area contributed by atoms with Crippen molar-refractivity contribution < 1.29 is 4.42 Å². The summed E-state index contributed by atoms with van der Waals surface area (Å²) in [5, 5.41) is 3.30. The van der Waals surface area contributed by atoms with Gasteiger partial charge in [0.05, 0.1) is 5.52 Å². The molecule has 5 heteroatoms. The van der Waals surface area contributed by atoms with Gasteiger partial charge in [-0.2, -0.15) is 0 Å². The van der Waals surface area contributed by atoms with Crippen LogP contribution in [0.3, 0.4) is 0 Å². The van der Waals surface area contributed by atoms with Crippen molar-refractivity contribution in [1.29, 1.82) is 0 Å². The molecule has 0 bridgehead atoms. The fourth-order valence-electron chi connectivity index (χ4n) is 1.84. The molecule has 1 aromatic heterocycles. The SMILES string of the molecule is CN(C)CCNCCn1c(=O)oc2ccccc21. The van der Waals surface area contributed by atoms with E-state index in [4.69, 9.17) is 4.42 Å². The molecule has 18 heavy (non-hydrogen) atoms. The lowest BCUT2D eigenvalue weighted by atomic mass is 10.3. The molecule has 1 heterocycles. The van der Waals surface area contributed by atoms with Crippen LogP contribution >= 0.6 is 0 Å². The third-order valence-electron chi connectivity index (χ3n) is 2.82. The summed E-state index contributed by atoms with van der Waals surface area (Å²) >= 11 is 0. The lowest BCUT2D eigenvalue weighted by Crippen LogP contribution is -2.30. The average molecular weight is 249 g/mol. The largest absolute Gasteiger partial charge is 0.419 e. The van der Waals surface area contributed by atoms with Gasteiger partial charge in [-0.15, -0.1) is 0 Å². The molecule has 0 saturated heterocycles. The van der Waals surface area contributed by atoms with Crippen molar-refractivity contribution in [1.82, 2.24) is 14.8 Å². The van der Waals surface area contributed by atoms with Crippen LogP contribution in [0, 0.1) is 0 Å². The Morgan fingerprint density at radius 3 is 2.83 bits per heavy atom. The Balaban J connectivity index is 1.95.